The van der Waals surface area contributed by atoms with E-state index in [0.717, 1.165) is 6.42 Å². The van der Waals surface area contributed by atoms with Crippen LogP contribution in [-0.4, -0.2) is 23.3 Å². The van der Waals surface area contributed by atoms with E-state index in [9.17, 15) is 4.79 Å². The fraction of sp³-hybridized carbons (Fsp3) is 0.778. The van der Waals surface area contributed by atoms with Crippen molar-refractivity contribution in [1.82, 2.24) is 4.90 Å². The predicted octanol–water partition coefficient (Wildman–Crippen LogP) is 1.16. The minimum Gasteiger partial charge on any atom is -0.370 e. The van der Waals surface area contributed by atoms with E-state index in [4.69, 9.17) is 11.1 Å². The number of guanidine groups is 1. The summed E-state index contributed by atoms with van der Waals surface area (Å²) in [5.41, 5.74) is 5.29. The van der Waals surface area contributed by atoms with Crippen LogP contribution in [0.4, 0.5) is 0 Å². The molecule has 0 spiro atoms. The Morgan fingerprint density at radius 3 is 2.38 bits per heavy atom. The SMILES string of the molecule is CCCN(C(=N)N)C(=O)CC(C)C. The van der Waals surface area contributed by atoms with E-state index < -0.39 is 0 Å². The lowest BCUT2D eigenvalue weighted by Gasteiger charge is -2.20. The Bertz CT molecular complexity index is 189. The van der Waals surface area contributed by atoms with Crippen molar-refractivity contribution in [3.63, 3.8) is 0 Å². The lowest BCUT2D eigenvalue weighted by atomic mass is 10.1. The number of carbonyl (C=O) groups excluding carboxylic acids is 1. The minimum atomic E-state index is -0.146. The fourth-order valence-corrected chi connectivity index (χ4v) is 1.06. The van der Waals surface area contributed by atoms with Crippen molar-refractivity contribution in [2.75, 3.05) is 6.54 Å². The lowest BCUT2D eigenvalue weighted by molar-refractivity contribution is -0.128. The van der Waals surface area contributed by atoms with Crippen LogP contribution in [0.1, 0.15) is 33.6 Å². The Morgan fingerprint density at radius 1 is 1.54 bits per heavy atom. The molecule has 3 N–H and O–H groups in total. The number of carbonyl (C=O) groups is 1. The average Bonchev–Trinajstić information content (AvgIpc) is 1.97. The highest BCUT2D eigenvalue weighted by Gasteiger charge is 2.15. The van der Waals surface area contributed by atoms with Crippen molar-refractivity contribution < 1.29 is 4.79 Å². The van der Waals surface area contributed by atoms with Gasteiger partial charge in [0.05, 0.1) is 0 Å². The standard InChI is InChI=1S/C9H19N3O/c1-4-5-12(9(10)11)8(13)6-7(2)3/h7H,4-6H2,1-3H3,(H3,10,11). The summed E-state index contributed by atoms with van der Waals surface area (Å²) >= 11 is 0. The van der Waals surface area contributed by atoms with E-state index in [0.29, 0.717) is 18.9 Å². The molecule has 4 nitrogen and oxygen atoms in total. The van der Waals surface area contributed by atoms with Gasteiger partial charge in [-0.25, -0.2) is 0 Å². The van der Waals surface area contributed by atoms with E-state index in [-0.39, 0.29) is 11.9 Å². The number of rotatable bonds is 4. The summed E-state index contributed by atoms with van der Waals surface area (Å²) in [5.74, 6) is 0.114. The molecule has 0 bridgehead atoms. The zero-order chi connectivity index (χ0) is 10.4. The Hall–Kier alpha value is -1.06. The molecule has 76 valence electrons. The second kappa shape index (κ2) is 5.56. The summed E-state index contributed by atoms with van der Waals surface area (Å²) in [6, 6.07) is 0. The lowest BCUT2D eigenvalue weighted by Crippen LogP contribution is -2.42. The second-order valence-corrected chi connectivity index (χ2v) is 3.53. The van der Waals surface area contributed by atoms with Gasteiger partial charge in [-0.1, -0.05) is 20.8 Å². The zero-order valence-corrected chi connectivity index (χ0v) is 8.63. The Labute approximate surface area is 79.6 Å². The van der Waals surface area contributed by atoms with Crippen LogP contribution in [0, 0.1) is 11.3 Å². The highest BCUT2D eigenvalue weighted by molar-refractivity contribution is 5.94. The van der Waals surface area contributed by atoms with E-state index >= 15 is 0 Å². The first kappa shape index (κ1) is 11.9. The number of nitrogens with zero attached hydrogens (tertiary/aromatic N) is 1. The molecule has 0 aromatic rings. The number of nitrogens with two attached hydrogens (primary N) is 1. The monoisotopic (exact) mass is 185 g/mol. The molecule has 0 atom stereocenters. The minimum absolute atomic E-state index is 0.0515. The van der Waals surface area contributed by atoms with Crippen LogP contribution in [0.15, 0.2) is 0 Å². The summed E-state index contributed by atoms with van der Waals surface area (Å²) in [4.78, 5) is 12.8. The van der Waals surface area contributed by atoms with Crippen LogP contribution in [0.3, 0.4) is 0 Å². The third-order valence-corrected chi connectivity index (χ3v) is 1.62. The zero-order valence-electron chi connectivity index (χ0n) is 8.63. The fourth-order valence-electron chi connectivity index (χ4n) is 1.06. The molecular weight excluding hydrogens is 166 g/mol. The molecule has 0 aliphatic rings. The van der Waals surface area contributed by atoms with Crippen molar-refractivity contribution in [2.45, 2.75) is 33.6 Å². The maximum Gasteiger partial charge on any atom is 0.229 e. The van der Waals surface area contributed by atoms with Crippen LogP contribution in [0.25, 0.3) is 0 Å². The molecular formula is C9H19N3O. The van der Waals surface area contributed by atoms with Crippen LogP contribution >= 0.6 is 0 Å². The smallest absolute Gasteiger partial charge is 0.229 e. The maximum absolute atomic E-state index is 11.5. The first-order chi connectivity index (χ1) is 5.99. The highest BCUT2D eigenvalue weighted by Crippen LogP contribution is 2.04. The third kappa shape index (κ3) is 4.50. The molecule has 0 saturated carbocycles. The molecule has 0 fully saturated rings. The van der Waals surface area contributed by atoms with Gasteiger partial charge in [-0.05, 0) is 12.3 Å². The first-order valence-corrected chi connectivity index (χ1v) is 4.63. The summed E-state index contributed by atoms with van der Waals surface area (Å²) in [6.07, 6.45) is 1.28. The molecule has 0 saturated heterocycles. The summed E-state index contributed by atoms with van der Waals surface area (Å²) in [6.45, 7) is 6.45. The molecule has 0 unspecified atom stereocenters. The topological polar surface area (TPSA) is 70.2 Å². The van der Waals surface area contributed by atoms with E-state index in [1.54, 1.807) is 0 Å². The Balaban J connectivity index is 4.20. The molecule has 13 heavy (non-hydrogen) atoms. The van der Waals surface area contributed by atoms with Gasteiger partial charge in [0.1, 0.15) is 0 Å². The number of hydrogen-bond donors (Lipinski definition) is 2. The van der Waals surface area contributed by atoms with E-state index in [2.05, 4.69) is 0 Å². The van der Waals surface area contributed by atoms with Crippen molar-refractivity contribution in [3.05, 3.63) is 0 Å². The first-order valence-electron chi connectivity index (χ1n) is 4.63. The van der Waals surface area contributed by atoms with Crippen molar-refractivity contribution in [3.8, 4) is 0 Å². The van der Waals surface area contributed by atoms with Crippen LogP contribution in [0.2, 0.25) is 0 Å². The molecule has 1 amide bonds. The average molecular weight is 185 g/mol. The van der Waals surface area contributed by atoms with Gasteiger partial charge < -0.3 is 5.73 Å². The van der Waals surface area contributed by atoms with Gasteiger partial charge in [-0.3, -0.25) is 15.1 Å². The van der Waals surface area contributed by atoms with Gasteiger partial charge in [0.15, 0.2) is 5.96 Å². The van der Waals surface area contributed by atoms with Gasteiger partial charge in [0, 0.05) is 13.0 Å². The molecule has 0 aromatic carbocycles. The Morgan fingerprint density at radius 2 is 2.08 bits per heavy atom. The van der Waals surface area contributed by atoms with Gasteiger partial charge in [0.2, 0.25) is 5.91 Å². The van der Waals surface area contributed by atoms with Crippen molar-refractivity contribution in [1.29, 1.82) is 5.41 Å². The van der Waals surface area contributed by atoms with Gasteiger partial charge in [-0.15, -0.1) is 0 Å². The molecule has 0 radical (unpaired) electrons. The number of hydrogen-bond acceptors (Lipinski definition) is 2. The summed E-state index contributed by atoms with van der Waals surface area (Å²) in [5, 5.41) is 7.21. The van der Waals surface area contributed by atoms with Gasteiger partial charge in [0.25, 0.3) is 0 Å². The quantitative estimate of drug-likeness (QED) is 0.509. The highest BCUT2D eigenvalue weighted by atomic mass is 16.2. The summed E-state index contributed by atoms with van der Waals surface area (Å²) in [7, 11) is 0. The Kier molecular flexibility index (Phi) is 5.11. The van der Waals surface area contributed by atoms with E-state index in [1.807, 2.05) is 20.8 Å². The van der Waals surface area contributed by atoms with Crippen LogP contribution in [-0.2, 0) is 4.79 Å². The molecule has 4 heteroatoms. The molecule has 0 aliphatic heterocycles. The van der Waals surface area contributed by atoms with Gasteiger partial charge >= 0.3 is 0 Å². The molecule has 0 aromatic heterocycles. The number of nitrogens with one attached hydrogen (secondary N) is 1. The second-order valence-electron chi connectivity index (χ2n) is 3.53. The molecule has 0 rings (SSSR count). The van der Waals surface area contributed by atoms with Crippen molar-refractivity contribution in [2.24, 2.45) is 11.7 Å². The summed E-state index contributed by atoms with van der Waals surface area (Å²) < 4.78 is 0. The van der Waals surface area contributed by atoms with Gasteiger partial charge in [-0.2, -0.15) is 0 Å². The van der Waals surface area contributed by atoms with Crippen LogP contribution < -0.4 is 5.73 Å². The largest absolute Gasteiger partial charge is 0.370 e. The normalized spacial score (nSPS) is 10.2. The van der Waals surface area contributed by atoms with E-state index in [1.165, 1.54) is 4.90 Å². The number of amides is 1. The predicted molar refractivity (Wildman–Crippen MR) is 53.4 cm³/mol. The van der Waals surface area contributed by atoms with Crippen molar-refractivity contribution >= 4 is 11.9 Å². The maximum atomic E-state index is 11.5. The van der Waals surface area contributed by atoms with Crippen LogP contribution in [0.5, 0.6) is 0 Å². The molecule has 0 heterocycles. The third-order valence-electron chi connectivity index (χ3n) is 1.62. The molecule has 0 aliphatic carbocycles.